The lowest BCUT2D eigenvalue weighted by Gasteiger charge is -2.14. The lowest BCUT2D eigenvalue weighted by molar-refractivity contribution is 1.21. The Labute approximate surface area is 297 Å². The smallest absolute Gasteiger partial charge is 0.0738 e. The summed E-state index contributed by atoms with van der Waals surface area (Å²) in [5.74, 6) is 0. The molecule has 0 spiro atoms. The molecular formula is C47H34N4. The topological polar surface area (TPSA) is 56.3 Å². The van der Waals surface area contributed by atoms with Gasteiger partial charge in [-0.2, -0.15) is 0 Å². The van der Waals surface area contributed by atoms with Crippen molar-refractivity contribution in [3.8, 4) is 0 Å². The number of H-pyrrole nitrogens is 2. The van der Waals surface area contributed by atoms with Crippen molar-refractivity contribution >= 4 is 33.7 Å². The summed E-state index contributed by atoms with van der Waals surface area (Å²) in [5.41, 5.74) is 15.4. The molecule has 3 aliphatic rings. The number of fused-ring (bicyclic) bond motifs is 6. The van der Waals surface area contributed by atoms with E-state index in [-0.39, 0.29) is 0 Å². The van der Waals surface area contributed by atoms with Gasteiger partial charge >= 0.3 is 0 Å². The van der Waals surface area contributed by atoms with Crippen LogP contribution in [-0.4, -0.2) is 21.4 Å². The van der Waals surface area contributed by atoms with Crippen molar-refractivity contribution in [1.82, 2.24) is 9.97 Å². The molecule has 5 heterocycles. The second-order valence-corrected chi connectivity index (χ2v) is 12.7. The number of allylic oxidation sites excluding steroid dienone is 6. The average Bonchev–Trinajstić information content (AvgIpc) is 4.02. The largest absolute Gasteiger partial charge is 0.360 e. The van der Waals surface area contributed by atoms with E-state index in [2.05, 4.69) is 174 Å². The van der Waals surface area contributed by atoms with Crippen molar-refractivity contribution in [3.05, 3.63) is 238 Å². The molecule has 4 heteroatoms. The molecular weight excluding hydrogens is 621 g/mol. The van der Waals surface area contributed by atoms with Crippen LogP contribution < -0.4 is 10.7 Å². The van der Waals surface area contributed by atoms with Crippen LogP contribution in [0.15, 0.2) is 198 Å². The summed E-state index contributed by atoms with van der Waals surface area (Å²) in [4.78, 5) is 18.4. The lowest BCUT2D eigenvalue weighted by atomic mass is 9.90. The third-order valence-corrected chi connectivity index (χ3v) is 9.63. The van der Waals surface area contributed by atoms with Gasteiger partial charge in [0.2, 0.25) is 0 Å². The molecule has 8 bridgehead atoms. The minimum atomic E-state index is 0.670. The van der Waals surface area contributed by atoms with E-state index in [1.54, 1.807) is 0 Å². The highest BCUT2D eigenvalue weighted by atomic mass is 14.8. The van der Waals surface area contributed by atoms with Crippen LogP contribution in [0.3, 0.4) is 0 Å². The van der Waals surface area contributed by atoms with E-state index in [1.807, 2.05) is 12.1 Å². The lowest BCUT2D eigenvalue weighted by Crippen LogP contribution is -2.19. The van der Waals surface area contributed by atoms with Gasteiger partial charge in [-0.05, 0) is 70.7 Å². The van der Waals surface area contributed by atoms with Crippen LogP contribution in [0.25, 0.3) is 22.3 Å². The molecule has 0 radical (unpaired) electrons. The van der Waals surface area contributed by atoms with Crippen molar-refractivity contribution in [2.24, 2.45) is 9.98 Å². The molecule has 2 N–H and O–H groups in total. The van der Waals surface area contributed by atoms with Crippen LogP contribution >= 0.6 is 0 Å². The van der Waals surface area contributed by atoms with Crippen molar-refractivity contribution in [2.75, 3.05) is 0 Å². The Morgan fingerprint density at radius 3 is 1.49 bits per heavy atom. The van der Waals surface area contributed by atoms with Crippen LogP contribution in [0, 0.1) is 0 Å². The van der Waals surface area contributed by atoms with E-state index in [0.29, 0.717) is 6.42 Å². The van der Waals surface area contributed by atoms with Crippen LogP contribution in [0.2, 0.25) is 0 Å². The number of nitrogens with zero attached hydrogens (tertiary/aromatic N) is 2. The van der Waals surface area contributed by atoms with E-state index < -0.39 is 0 Å². The first-order chi connectivity index (χ1) is 25.3. The monoisotopic (exact) mass is 654 g/mol. The molecule has 0 saturated heterocycles. The van der Waals surface area contributed by atoms with Crippen molar-refractivity contribution in [3.63, 3.8) is 0 Å². The maximum atomic E-state index is 5.41. The Hall–Kier alpha value is -6.78. The van der Waals surface area contributed by atoms with Crippen LogP contribution in [-0.2, 0) is 6.42 Å². The van der Waals surface area contributed by atoms with Gasteiger partial charge in [0.15, 0.2) is 0 Å². The van der Waals surface area contributed by atoms with E-state index in [1.165, 1.54) is 0 Å². The summed E-state index contributed by atoms with van der Waals surface area (Å²) < 4.78 is 0. The number of aliphatic imine (C=N–C) groups is 2. The molecule has 4 aromatic carbocycles. The van der Waals surface area contributed by atoms with Gasteiger partial charge in [0, 0.05) is 44.8 Å². The molecule has 0 aliphatic carbocycles. The second-order valence-electron chi connectivity index (χ2n) is 12.7. The predicted octanol–water partition coefficient (Wildman–Crippen LogP) is 8.72. The third-order valence-electron chi connectivity index (χ3n) is 9.63. The second kappa shape index (κ2) is 12.9. The summed E-state index contributed by atoms with van der Waals surface area (Å²) in [6, 6.07) is 46.5. The normalized spacial score (nSPS) is 15.1. The van der Waals surface area contributed by atoms with E-state index in [4.69, 9.17) is 9.98 Å². The van der Waals surface area contributed by atoms with Crippen LogP contribution in [0.1, 0.15) is 39.1 Å². The Kier molecular flexibility index (Phi) is 7.67. The summed E-state index contributed by atoms with van der Waals surface area (Å²) in [6.45, 7) is 4.21. The van der Waals surface area contributed by atoms with Gasteiger partial charge in [0.1, 0.15) is 0 Å². The van der Waals surface area contributed by atoms with Crippen LogP contribution in [0.4, 0.5) is 0 Å². The number of rotatable bonds is 6. The molecule has 2 aromatic heterocycles. The zero-order valence-corrected chi connectivity index (χ0v) is 28.0. The van der Waals surface area contributed by atoms with E-state index in [9.17, 15) is 0 Å². The highest BCUT2D eigenvalue weighted by molar-refractivity contribution is 6.35. The molecule has 4 nitrogen and oxygen atoms in total. The highest BCUT2D eigenvalue weighted by Crippen LogP contribution is 2.38. The Balaban J connectivity index is 1.46. The first kappa shape index (κ1) is 30.3. The van der Waals surface area contributed by atoms with Gasteiger partial charge in [-0.15, -0.1) is 6.58 Å². The molecule has 6 aromatic rings. The Bertz CT molecular complexity index is 2620. The number of hydrogen-bond donors (Lipinski definition) is 2. The van der Waals surface area contributed by atoms with Gasteiger partial charge in [0.05, 0.1) is 28.5 Å². The zero-order chi connectivity index (χ0) is 34.1. The highest BCUT2D eigenvalue weighted by Gasteiger charge is 2.26. The number of aromatic amines is 2. The van der Waals surface area contributed by atoms with Gasteiger partial charge in [-0.1, -0.05) is 127 Å². The fourth-order valence-electron chi connectivity index (χ4n) is 7.39. The first-order valence-corrected chi connectivity index (χ1v) is 17.3. The standard InChI is InChI=1S/C47H34N4/c1-2-15-35-36-30-48-47(35)46(34-22-13-6-14-23-34)42-29-28-41(51-42)45(33-20-11-5-12-21-33)40-27-26-39(50-40)44(32-18-9-4-10-19-32)38-25-24-37(49-38)43(36)31-16-7-3-8-17-31/h2-14,16-30,48-49H,1,15H2. The van der Waals surface area contributed by atoms with E-state index in [0.717, 1.165) is 94.9 Å². The number of aromatic nitrogens is 2. The minimum Gasteiger partial charge on any atom is -0.360 e. The Morgan fingerprint density at radius 1 is 0.490 bits per heavy atom. The number of hydrogen-bond acceptors (Lipinski definition) is 2. The molecule has 0 unspecified atom stereocenters. The molecule has 3 aliphatic heterocycles. The Morgan fingerprint density at radius 2 is 0.941 bits per heavy atom. The zero-order valence-electron chi connectivity index (χ0n) is 28.0. The van der Waals surface area contributed by atoms with Gasteiger partial charge in [-0.3, -0.25) is 0 Å². The maximum absolute atomic E-state index is 5.41. The van der Waals surface area contributed by atoms with Gasteiger partial charge in [0.25, 0.3) is 0 Å². The fourth-order valence-corrected chi connectivity index (χ4v) is 7.39. The molecule has 0 fully saturated rings. The van der Waals surface area contributed by atoms with Crippen molar-refractivity contribution < 1.29 is 0 Å². The molecule has 0 saturated carbocycles. The van der Waals surface area contributed by atoms with Gasteiger partial charge in [-0.25, -0.2) is 9.98 Å². The van der Waals surface area contributed by atoms with E-state index >= 15 is 0 Å². The average molecular weight is 655 g/mol. The molecule has 9 rings (SSSR count). The quantitative estimate of drug-likeness (QED) is 0.169. The summed E-state index contributed by atoms with van der Waals surface area (Å²) in [7, 11) is 0. The molecule has 0 atom stereocenters. The van der Waals surface area contributed by atoms with Crippen molar-refractivity contribution in [1.29, 1.82) is 0 Å². The SMILES string of the molecule is C=CCc1c2c[nH]c1C(c1ccccc1)=C1C=CC(=N1)C(c1ccccc1)=C1C=CC(=N1)C(c1ccccc1)=c1ccc([nH]1)=C2c1ccccc1. The summed E-state index contributed by atoms with van der Waals surface area (Å²) >= 11 is 0. The van der Waals surface area contributed by atoms with Gasteiger partial charge < -0.3 is 9.97 Å². The molecule has 0 amide bonds. The number of benzene rings is 4. The summed E-state index contributed by atoms with van der Waals surface area (Å²) in [5, 5.41) is 2.01. The fraction of sp³-hybridized carbons (Fsp3) is 0.0213. The van der Waals surface area contributed by atoms with Crippen LogP contribution in [0.5, 0.6) is 0 Å². The maximum Gasteiger partial charge on any atom is 0.0738 e. The number of nitrogens with one attached hydrogen (secondary N) is 2. The predicted molar refractivity (Wildman–Crippen MR) is 211 cm³/mol. The molecule has 242 valence electrons. The molecule has 51 heavy (non-hydrogen) atoms. The third kappa shape index (κ3) is 5.44. The summed E-state index contributed by atoms with van der Waals surface area (Å²) in [6.07, 6.45) is 13.3. The van der Waals surface area contributed by atoms with Crippen molar-refractivity contribution in [2.45, 2.75) is 6.42 Å². The first-order valence-electron chi connectivity index (χ1n) is 17.3. The minimum absolute atomic E-state index is 0.670.